The van der Waals surface area contributed by atoms with Gasteiger partial charge in [0.1, 0.15) is 0 Å². The minimum absolute atomic E-state index is 0.127. The molecule has 0 aromatic carbocycles. The summed E-state index contributed by atoms with van der Waals surface area (Å²) < 4.78 is 11.2. The van der Waals surface area contributed by atoms with Crippen molar-refractivity contribution in [2.75, 3.05) is 60.1 Å². The Morgan fingerprint density at radius 2 is 1.96 bits per heavy atom. The van der Waals surface area contributed by atoms with E-state index in [1.807, 2.05) is 0 Å². The number of methoxy groups -OCH3 is 1. The molecule has 27 heavy (non-hydrogen) atoms. The molecule has 2 heterocycles. The van der Waals surface area contributed by atoms with Crippen molar-refractivity contribution >= 4 is 11.9 Å². The van der Waals surface area contributed by atoms with Gasteiger partial charge in [-0.15, -0.1) is 0 Å². The van der Waals surface area contributed by atoms with E-state index in [0.29, 0.717) is 12.6 Å². The lowest BCUT2D eigenvalue weighted by Crippen LogP contribution is -2.54. The van der Waals surface area contributed by atoms with E-state index in [9.17, 15) is 4.79 Å². The normalized spacial score (nSPS) is 21.7. The van der Waals surface area contributed by atoms with Gasteiger partial charge in [-0.25, -0.2) is 0 Å². The fourth-order valence-electron chi connectivity index (χ4n) is 3.59. The molecule has 2 fully saturated rings. The molecule has 2 rings (SSSR count). The number of amides is 1. The number of guanidine groups is 1. The van der Waals surface area contributed by atoms with Gasteiger partial charge in [-0.2, -0.15) is 0 Å². The summed E-state index contributed by atoms with van der Waals surface area (Å²) in [5.41, 5.74) is -0.176. The van der Waals surface area contributed by atoms with E-state index in [1.54, 1.807) is 14.2 Å². The topological polar surface area (TPSA) is 87.2 Å². The maximum Gasteiger partial charge on any atom is 0.234 e. The van der Waals surface area contributed by atoms with Gasteiger partial charge in [0.05, 0.1) is 12.1 Å². The van der Waals surface area contributed by atoms with Crippen LogP contribution in [0.4, 0.5) is 0 Å². The van der Waals surface area contributed by atoms with Gasteiger partial charge in [-0.3, -0.25) is 14.7 Å². The predicted molar refractivity (Wildman–Crippen MR) is 107 cm³/mol. The smallest absolute Gasteiger partial charge is 0.234 e. The highest BCUT2D eigenvalue weighted by Crippen LogP contribution is 2.23. The minimum Gasteiger partial charge on any atom is -0.381 e. The van der Waals surface area contributed by atoms with Crippen molar-refractivity contribution in [2.45, 2.75) is 50.7 Å². The Labute approximate surface area is 163 Å². The molecule has 0 atom stereocenters. The molecular formula is C19H37N5O3. The van der Waals surface area contributed by atoms with Crippen LogP contribution < -0.4 is 16.0 Å². The van der Waals surface area contributed by atoms with Crippen LogP contribution in [-0.2, 0) is 14.3 Å². The molecule has 156 valence electrons. The molecule has 0 aromatic heterocycles. The SMILES string of the molecule is CCCNC(=O)CN1CCC(NC(=NC)NCC2(OC)CCOCC2)CC1. The van der Waals surface area contributed by atoms with Gasteiger partial charge in [0.15, 0.2) is 5.96 Å². The van der Waals surface area contributed by atoms with E-state index >= 15 is 0 Å². The van der Waals surface area contributed by atoms with E-state index in [2.05, 4.69) is 32.8 Å². The molecule has 0 spiro atoms. The average molecular weight is 384 g/mol. The fraction of sp³-hybridized carbons (Fsp3) is 0.895. The molecule has 0 bridgehead atoms. The summed E-state index contributed by atoms with van der Waals surface area (Å²) in [5.74, 6) is 0.944. The van der Waals surface area contributed by atoms with Gasteiger partial charge in [0, 0.05) is 72.4 Å². The quantitative estimate of drug-likeness (QED) is 0.414. The summed E-state index contributed by atoms with van der Waals surface area (Å²) in [7, 11) is 3.57. The number of rotatable bonds is 8. The molecule has 8 heteroatoms. The summed E-state index contributed by atoms with van der Waals surface area (Å²) in [5, 5.41) is 9.89. The molecule has 0 aromatic rings. The number of piperidine rings is 1. The van der Waals surface area contributed by atoms with Gasteiger partial charge < -0.3 is 25.4 Å². The minimum atomic E-state index is -0.176. The van der Waals surface area contributed by atoms with Crippen molar-refractivity contribution < 1.29 is 14.3 Å². The Hall–Kier alpha value is -1.38. The number of nitrogens with zero attached hydrogens (tertiary/aromatic N) is 2. The maximum atomic E-state index is 11.9. The third-order valence-electron chi connectivity index (χ3n) is 5.51. The molecule has 1 amide bonds. The Balaban J connectivity index is 1.70. The van der Waals surface area contributed by atoms with E-state index in [4.69, 9.17) is 9.47 Å². The second-order valence-electron chi connectivity index (χ2n) is 7.47. The zero-order valence-corrected chi connectivity index (χ0v) is 17.2. The van der Waals surface area contributed by atoms with Crippen molar-refractivity contribution in [2.24, 2.45) is 4.99 Å². The number of hydrogen-bond acceptors (Lipinski definition) is 5. The van der Waals surface area contributed by atoms with Gasteiger partial charge in [0.2, 0.25) is 5.91 Å². The van der Waals surface area contributed by atoms with E-state index in [1.165, 1.54) is 0 Å². The number of carbonyl (C=O) groups excluding carboxylic acids is 1. The first kappa shape index (κ1) is 21.9. The monoisotopic (exact) mass is 383 g/mol. The van der Waals surface area contributed by atoms with Gasteiger partial charge >= 0.3 is 0 Å². The molecule has 0 aliphatic carbocycles. The number of aliphatic imine (C=N–C) groups is 1. The van der Waals surface area contributed by atoms with Crippen molar-refractivity contribution in [3.63, 3.8) is 0 Å². The predicted octanol–water partition coefficient (Wildman–Crippen LogP) is 0.338. The van der Waals surface area contributed by atoms with E-state index in [0.717, 1.165) is 77.5 Å². The van der Waals surface area contributed by atoms with Gasteiger partial charge in [-0.1, -0.05) is 6.92 Å². The highest BCUT2D eigenvalue weighted by atomic mass is 16.5. The second-order valence-corrected chi connectivity index (χ2v) is 7.47. The molecule has 0 saturated carbocycles. The number of carbonyl (C=O) groups is 1. The van der Waals surface area contributed by atoms with Crippen LogP contribution in [0, 0.1) is 0 Å². The molecule has 3 N–H and O–H groups in total. The van der Waals surface area contributed by atoms with Crippen molar-refractivity contribution in [3.05, 3.63) is 0 Å². The Morgan fingerprint density at radius 1 is 1.26 bits per heavy atom. The van der Waals surface area contributed by atoms with Crippen LogP contribution in [0.2, 0.25) is 0 Å². The first-order valence-electron chi connectivity index (χ1n) is 10.2. The summed E-state index contributed by atoms with van der Waals surface area (Å²) in [4.78, 5) is 18.4. The highest BCUT2D eigenvalue weighted by Gasteiger charge is 2.32. The van der Waals surface area contributed by atoms with Crippen LogP contribution in [-0.4, -0.2) is 88.5 Å². The first-order chi connectivity index (χ1) is 13.1. The van der Waals surface area contributed by atoms with Gasteiger partial charge in [-0.05, 0) is 19.3 Å². The zero-order chi connectivity index (χ0) is 19.5. The van der Waals surface area contributed by atoms with E-state index in [-0.39, 0.29) is 11.5 Å². The van der Waals surface area contributed by atoms with Crippen molar-refractivity contribution in [3.8, 4) is 0 Å². The Morgan fingerprint density at radius 3 is 2.56 bits per heavy atom. The molecular weight excluding hydrogens is 346 g/mol. The van der Waals surface area contributed by atoms with Crippen LogP contribution in [0.1, 0.15) is 39.0 Å². The zero-order valence-electron chi connectivity index (χ0n) is 17.2. The molecule has 0 unspecified atom stereocenters. The summed E-state index contributed by atoms with van der Waals surface area (Å²) in [6.45, 7) is 7.38. The molecule has 2 aliphatic rings. The van der Waals surface area contributed by atoms with Crippen LogP contribution in [0.15, 0.2) is 4.99 Å². The lowest BCUT2D eigenvalue weighted by molar-refractivity contribution is -0.122. The van der Waals surface area contributed by atoms with Crippen molar-refractivity contribution in [1.82, 2.24) is 20.9 Å². The highest BCUT2D eigenvalue weighted by molar-refractivity contribution is 5.80. The molecule has 2 aliphatic heterocycles. The van der Waals surface area contributed by atoms with Crippen molar-refractivity contribution in [1.29, 1.82) is 0 Å². The molecule has 8 nitrogen and oxygen atoms in total. The molecule has 0 radical (unpaired) electrons. The summed E-state index contributed by atoms with van der Waals surface area (Å²) in [6, 6.07) is 0.374. The van der Waals surface area contributed by atoms with E-state index < -0.39 is 0 Å². The third kappa shape index (κ3) is 7.27. The van der Waals surface area contributed by atoms with Crippen LogP contribution in [0.5, 0.6) is 0 Å². The van der Waals surface area contributed by atoms with Crippen LogP contribution >= 0.6 is 0 Å². The molecule has 2 saturated heterocycles. The van der Waals surface area contributed by atoms with Crippen LogP contribution in [0.3, 0.4) is 0 Å². The third-order valence-corrected chi connectivity index (χ3v) is 5.51. The summed E-state index contributed by atoms with van der Waals surface area (Å²) in [6.07, 6.45) is 4.77. The standard InChI is InChI=1S/C19H37N5O3/c1-4-9-21-17(25)14-24-10-5-16(6-11-24)23-18(20-2)22-15-19(26-3)7-12-27-13-8-19/h16H,4-15H2,1-3H3,(H,21,25)(H2,20,22,23). The fourth-order valence-corrected chi connectivity index (χ4v) is 3.59. The summed E-state index contributed by atoms with van der Waals surface area (Å²) >= 11 is 0. The number of nitrogens with one attached hydrogen (secondary N) is 3. The number of hydrogen-bond donors (Lipinski definition) is 3. The second kappa shape index (κ2) is 11.5. The lowest BCUT2D eigenvalue weighted by Gasteiger charge is -2.37. The first-order valence-corrected chi connectivity index (χ1v) is 10.2. The largest absolute Gasteiger partial charge is 0.381 e. The maximum absolute atomic E-state index is 11.9. The van der Waals surface area contributed by atoms with Crippen LogP contribution in [0.25, 0.3) is 0 Å². The number of likely N-dealkylation sites (tertiary alicyclic amines) is 1. The Kier molecular flexibility index (Phi) is 9.30. The number of ether oxygens (including phenoxy) is 2. The van der Waals surface area contributed by atoms with Gasteiger partial charge in [0.25, 0.3) is 0 Å². The lowest BCUT2D eigenvalue weighted by atomic mass is 9.94. The Bertz CT molecular complexity index is 472. The average Bonchev–Trinajstić information content (AvgIpc) is 2.71.